The molecule has 0 radical (unpaired) electrons. The number of sulfonamides is 1. The van der Waals surface area contributed by atoms with Crippen LogP contribution >= 0.6 is 11.6 Å². The lowest BCUT2D eigenvalue weighted by Gasteiger charge is -2.24. The van der Waals surface area contributed by atoms with Gasteiger partial charge in [0.05, 0.1) is 22.2 Å². The Balaban J connectivity index is 1.72. The number of anilines is 1. The van der Waals surface area contributed by atoms with Gasteiger partial charge in [0.25, 0.3) is 10.0 Å². The monoisotopic (exact) mass is 472 g/mol. The van der Waals surface area contributed by atoms with E-state index in [1.807, 2.05) is 19.9 Å². The zero-order chi connectivity index (χ0) is 23.1. The van der Waals surface area contributed by atoms with E-state index in [4.69, 9.17) is 16.3 Å². The molecular formula is C24H25ClN2O4S. The van der Waals surface area contributed by atoms with Crippen LogP contribution in [0, 0.1) is 13.8 Å². The number of ether oxygens (including phenoxy) is 1. The molecule has 0 fully saturated rings. The molecule has 0 aliphatic carbocycles. The fourth-order valence-electron chi connectivity index (χ4n) is 3.04. The van der Waals surface area contributed by atoms with Crippen molar-refractivity contribution in [2.45, 2.75) is 18.7 Å². The van der Waals surface area contributed by atoms with Crippen LogP contribution in [-0.4, -0.2) is 34.0 Å². The first-order valence-electron chi connectivity index (χ1n) is 10.1. The number of nitrogens with zero attached hydrogens (tertiary/aromatic N) is 1. The lowest BCUT2D eigenvalue weighted by atomic mass is 10.2. The molecule has 0 heterocycles. The third kappa shape index (κ3) is 6.02. The van der Waals surface area contributed by atoms with Crippen molar-refractivity contribution in [1.29, 1.82) is 0 Å². The topological polar surface area (TPSA) is 75.7 Å². The normalized spacial score (nSPS) is 11.1. The van der Waals surface area contributed by atoms with Crippen molar-refractivity contribution in [2.24, 2.45) is 0 Å². The van der Waals surface area contributed by atoms with Crippen LogP contribution in [0.2, 0.25) is 5.02 Å². The van der Waals surface area contributed by atoms with E-state index in [2.05, 4.69) is 5.32 Å². The summed E-state index contributed by atoms with van der Waals surface area (Å²) in [5.74, 6) is 0.0803. The summed E-state index contributed by atoms with van der Waals surface area (Å²) in [6, 6.07) is 20.6. The van der Waals surface area contributed by atoms with Crippen molar-refractivity contribution in [3.8, 4) is 5.75 Å². The molecule has 6 nitrogen and oxygen atoms in total. The maximum atomic E-state index is 13.3. The smallest absolute Gasteiger partial charge is 0.264 e. The van der Waals surface area contributed by atoms with Crippen LogP contribution in [0.1, 0.15) is 11.1 Å². The van der Waals surface area contributed by atoms with Crippen molar-refractivity contribution in [3.63, 3.8) is 0 Å². The van der Waals surface area contributed by atoms with Crippen molar-refractivity contribution < 1.29 is 17.9 Å². The van der Waals surface area contributed by atoms with Crippen LogP contribution in [0.15, 0.2) is 77.7 Å². The largest absolute Gasteiger partial charge is 0.490 e. The molecule has 0 atom stereocenters. The van der Waals surface area contributed by atoms with Crippen LogP contribution < -0.4 is 14.4 Å². The van der Waals surface area contributed by atoms with Crippen molar-refractivity contribution >= 4 is 33.2 Å². The van der Waals surface area contributed by atoms with Crippen molar-refractivity contribution in [1.82, 2.24) is 5.32 Å². The highest BCUT2D eigenvalue weighted by molar-refractivity contribution is 7.92. The molecule has 3 rings (SSSR count). The predicted molar refractivity (Wildman–Crippen MR) is 127 cm³/mol. The van der Waals surface area contributed by atoms with Gasteiger partial charge >= 0.3 is 0 Å². The Morgan fingerprint density at radius 3 is 2.38 bits per heavy atom. The molecule has 168 valence electrons. The van der Waals surface area contributed by atoms with E-state index in [0.29, 0.717) is 16.5 Å². The number of nitrogens with one attached hydrogen (secondary N) is 1. The number of carbonyl (C=O) groups is 1. The number of benzene rings is 3. The Hall–Kier alpha value is -3.03. The lowest BCUT2D eigenvalue weighted by Crippen LogP contribution is -2.42. The summed E-state index contributed by atoms with van der Waals surface area (Å²) in [6.45, 7) is 3.80. The summed E-state index contributed by atoms with van der Waals surface area (Å²) in [5, 5.41) is 3.19. The number of hydrogen-bond acceptors (Lipinski definition) is 4. The Bertz CT molecular complexity index is 1180. The molecular weight excluding hydrogens is 448 g/mol. The summed E-state index contributed by atoms with van der Waals surface area (Å²) in [7, 11) is -3.94. The first-order chi connectivity index (χ1) is 15.3. The summed E-state index contributed by atoms with van der Waals surface area (Å²) in [5.41, 5.74) is 2.26. The molecule has 8 heteroatoms. The van der Waals surface area contributed by atoms with E-state index in [0.717, 1.165) is 15.4 Å². The number of aryl methyl sites for hydroxylation is 2. The number of carbonyl (C=O) groups excluding carboxylic acids is 1. The zero-order valence-corrected chi connectivity index (χ0v) is 19.5. The first-order valence-corrected chi connectivity index (χ1v) is 11.9. The molecule has 0 saturated heterocycles. The number of rotatable bonds is 9. The third-order valence-corrected chi connectivity index (χ3v) is 6.80. The van der Waals surface area contributed by atoms with E-state index in [1.54, 1.807) is 66.7 Å². The van der Waals surface area contributed by atoms with Gasteiger partial charge in [-0.3, -0.25) is 9.10 Å². The molecule has 0 saturated carbocycles. The van der Waals surface area contributed by atoms with Crippen LogP contribution in [-0.2, 0) is 14.8 Å². The lowest BCUT2D eigenvalue weighted by molar-refractivity contribution is -0.119. The van der Waals surface area contributed by atoms with Crippen LogP contribution in [0.25, 0.3) is 0 Å². The van der Waals surface area contributed by atoms with Gasteiger partial charge in [-0.15, -0.1) is 0 Å². The van der Waals surface area contributed by atoms with Crippen LogP contribution in [0.3, 0.4) is 0 Å². The fraction of sp³-hybridized carbons (Fsp3) is 0.208. The van der Waals surface area contributed by atoms with E-state index in [1.165, 1.54) is 0 Å². The van der Waals surface area contributed by atoms with Crippen molar-refractivity contribution in [3.05, 3.63) is 88.9 Å². The van der Waals surface area contributed by atoms with Crippen molar-refractivity contribution in [2.75, 3.05) is 24.0 Å². The molecule has 0 unspecified atom stereocenters. The molecule has 3 aromatic rings. The second-order valence-electron chi connectivity index (χ2n) is 7.29. The van der Waals surface area contributed by atoms with E-state index in [-0.39, 0.29) is 24.6 Å². The molecule has 0 aromatic heterocycles. The fourth-order valence-corrected chi connectivity index (χ4v) is 4.64. The zero-order valence-electron chi connectivity index (χ0n) is 17.9. The van der Waals surface area contributed by atoms with E-state index in [9.17, 15) is 13.2 Å². The predicted octanol–water partition coefficient (Wildman–Crippen LogP) is 4.35. The van der Waals surface area contributed by atoms with Gasteiger partial charge in [-0.1, -0.05) is 53.6 Å². The average Bonchev–Trinajstić information content (AvgIpc) is 2.76. The Kier molecular flexibility index (Phi) is 7.77. The van der Waals surface area contributed by atoms with Crippen LogP contribution in [0.5, 0.6) is 5.75 Å². The minimum absolute atomic E-state index is 0.124. The number of hydrogen-bond donors (Lipinski definition) is 1. The van der Waals surface area contributed by atoms with E-state index < -0.39 is 15.9 Å². The van der Waals surface area contributed by atoms with E-state index >= 15 is 0 Å². The molecule has 32 heavy (non-hydrogen) atoms. The molecule has 0 bridgehead atoms. The van der Waals surface area contributed by atoms with Crippen LogP contribution in [0.4, 0.5) is 5.69 Å². The second kappa shape index (κ2) is 10.5. The highest BCUT2D eigenvalue weighted by Crippen LogP contribution is 2.25. The Morgan fingerprint density at radius 1 is 0.969 bits per heavy atom. The number of para-hydroxylation sites is 1. The van der Waals surface area contributed by atoms with Gasteiger partial charge < -0.3 is 10.1 Å². The minimum atomic E-state index is -3.94. The molecule has 0 aliphatic heterocycles. The van der Waals surface area contributed by atoms with Gasteiger partial charge in [0.2, 0.25) is 5.91 Å². The number of amides is 1. The van der Waals surface area contributed by atoms with Gasteiger partial charge in [-0.05, 0) is 55.8 Å². The Labute approximate surface area is 193 Å². The maximum Gasteiger partial charge on any atom is 0.264 e. The first kappa shape index (κ1) is 23.6. The molecule has 0 aliphatic rings. The van der Waals surface area contributed by atoms with Gasteiger partial charge in [0.1, 0.15) is 18.9 Å². The van der Waals surface area contributed by atoms with Gasteiger partial charge in [0, 0.05) is 0 Å². The summed E-state index contributed by atoms with van der Waals surface area (Å²) in [6.07, 6.45) is 0. The minimum Gasteiger partial charge on any atom is -0.490 e. The average molecular weight is 473 g/mol. The molecule has 0 spiro atoms. The summed E-state index contributed by atoms with van der Waals surface area (Å²) in [4.78, 5) is 12.7. The summed E-state index contributed by atoms with van der Waals surface area (Å²) < 4.78 is 33.4. The Morgan fingerprint density at radius 2 is 1.69 bits per heavy atom. The highest BCUT2D eigenvalue weighted by atomic mass is 35.5. The maximum absolute atomic E-state index is 13.3. The molecule has 3 aromatic carbocycles. The highest BCUT2D eigenvalue weighted by Gasteiger charge is 2.27. The molecule has 1 N–H and O–H groups in total. The SMILES string of the molecule is Cc1ccc(S(=O)(=O)N(CC(=O)NCCOc2ccccc2Cl)c2cccc(C)c2)cc1. The van der Waals surface area contributed by atoms with Gasteiger partial charge in [-0.2, -0.15) is 0 Å². The summed E-state index contributed by atoms with van der Waals surface area (Å²) >= 11 is 6.05. The quantitative estimate of drug-likeness (QED) is 0.470. The third-order valence-electron chi connectivity index (χ3n) is 4.70. The van der Waals surface area contributed by atoms with Gasteiger partial charge in [-0.25, -0.2) is 8.42 Å². The van der Waals surface area contributed by atoms with Gasteiger partial charge in [0.15, 0.2) is 0 Å². The second-order valence-corrected chi connectivity index (χ2v) is 9.56. The number of halogens is 1. The molecule has 1 amide bonds. The standard InChI is InChI=1S/C24H25ClN2O4S/c1-18-10-12-21(13-11-18)32(29,30)27(20-7-5-6-19(2)16-20)17-24(28)26-14-15-31-23-9-4-3-8-22(23)25/h3-13,16H,14-15,17H2,1-2H3,(H,26,28).